The Kier molecular flexibility index (Phi) is 13.3. The molecule has 0 radical (unpaired) electrons. The van der Waals surface area contributed by atoms with E-state index in [9.17, 15) is 0 Å². The van der Waals surface area contributed by atoms with Crippen LogP contribution in [0, 0.1) is 6.92 Å². The molecule has 0 fully saturated rings. The van der Waals surface area contributed by atoms with Crippen LogP contribution in [-0.2, 0) is 70.3 Å². The maximum atomic E-state index is 6.03. The molecule has 0 saturated heterocycles. The smallest absolute Gasteiger partial charge is 0.0506 e. The minimum atomic E-state index is 0.720. The third-order valence-corrected chi connectivity index (χ3v) is 10.7. The standard InChI is InChI=1S/C47H58O4/c1-6-48-19-15-44-36-11-10-12-37(44)30-41-26-35-14-13-34-25-40(29-36)46(17-21-50-8-3)42(27-34)31-38-23-33(5)24-39(45(38)16-20-49-7-2)32-43(28-35)47(41)18-22-51-9-4/h10-14,23-28H,6-9,15-22,29-32H2,1-5H3/b14-13-. The number of hydrogen-bond acceptors (Lipinski definition) is 4. The lowest BCUT2D eigenvalue weighted by Crippen LogP contribution is -2.13. The van der Waals surface area contributed by atoms with Crippen molar-refractivity contribution in [1.82, 2.24) is 0 Å². The van der Waals surface area contributed by atoms with Crippen LogP contribution in [-0.4, -0.2) is 52.9 Å². The number of hydrogen-bond donors (Lipinski definition) is 0. The number of ether oxygens (including phenoxy) is 4. The van der Waals surface area contributed by atoms with Crippen LogP contribution in [0.25, 0.3) is 12.2 Å². The van der Waals surface area contributed by atoms with Crippen molar-refractivity contribution < 1.29 is 18.9 Å². The third kappa shape index (κ3) is 9.28. The molecule has 2 aliphatic rings. The largest absolute Gasteiger partial charge is 0.381 e. The second-order valence-electron chi connectivity index (χ2n) is 14.1. The Morgan fingerprint density at radius 1 is 0.412 bits per heavy atom. The van der Waals surface area contributed by atoms with Crippen molar-refractivity contribution >= 4 is 12.2 Å². The first kappa shape index (κ1) is 37.2. The van der Waals surface area contributed by atoms with Gasteiger partial charge in [0.25, 0.3) is 0 Å². The van der Waals surface area contributed by atoms with Gasteiger partial charge in [0.1, 0.15) is 0 Å². The van der Waals surface area contributed by atoms with E-state index in [2.05, 4.69) is 101 Å². The number of benzene rings is 4. The SMILES string of the molecule is CCOCCc1c2cccc1Cc1cc3cc(c1CCOCC)Cc1cc(C)cc(c1CCOCC)Cc1cc(cc(c1CCOCC)C2)/C=C\3. The second kappa shape index (κ2) is 18.3. The Morgan fingerprint density at radius 3 is 1.04 bits per heavy atom. The van der Waals surface area contributed by atoms with Crippen LogP contribution in [0.15, 0.2) is 54.6 Å². The van der Waals surface area contributed by atoms with Crippen LogP contribution in [0.2, 0.25) is 0 Å². The topological polar surface area (TPSA) is 36.9 Å². The molecule has 0 heterocycles. The van der Waals surface area contributed by atoms with E-state index in [0.29, 0.717) is 0 Å². The Morgan fingerprint density at radius 2 is 0.706 bits per heavy atom. The second-order valence-corrected chi connectivity index (χ2v) is 14.1. The molecule has 0 spiro atoms. The summed E-state index contributed by atoms with van der Waals surface area (Å²) >= 11 is 0. The van der Waals surface area contributed by atoms with Crippen LogP contribution in [0.3, 0.4) is 0 Å². The van der Waals surface area contributed by atoms with E-state index in [1.165, 1.54) is 83.5 Å². The first-order chi connectivity index (χ1) is 25.0. The van der Waals surface area contributed by atoms with Gasteiger partial charge in [-0.25, -0.2) is 0 Å². The van der Waals surface area contributed by atoms with Crippen LogP contribution in [0.1, 0.15) is 111 Å². The summed E-state index contributed by atoms with van der Waals surface area (Å²) in [6, 6.07) is 21.7. The van der Waals surface area contributed by atoms with Gasteiger partial charge in [-0.15, -0.1) is 0 Å². The van der Waals surface area contributed by atoms with Gasteiger partial charge in [-0.2, -0.15) is 0 Å². The van der Waals surface area contributed by atoms with Gasteiger partial charge in [0.15, 0.2) is 0 Å². The highest BCUT2D eigenvalue weighted by Crippen LogP contribution is 2.34. The van der Waals surface area contributed by atoms with E-state index in [1.54, 1.807) is 0 Å². The predicted molar refractivity (Wildman–Crippen MR) is 211 cm³/mol. The molecule has 2 aliphatic carbocycles. The summed E-state index contributed by atoms with van der Waals surface area (Å²) in [6.07, 6.45) is 11.9. The lowest BCUT2D eigenvalue weighted by Gasteiger charge is -2.24. The molecule has 0 atom stereocenters. The van der Waals surface area contributed by atoms with E-state index in [0.717, 1.165) is 104 Å². The Bertz CT molecular complexity index is 1700. The highest BCUT2D eigenvalue weighted by molar-refractivity contribution is 5.73. The fourth-order valence-corrected chi connectivity index (χ4v) is 8.35. The average Bonchev–Trinajstić information content (AvgIpc) is 3.11. The molecule has 0 amide bonds. The average molecular weight is 687 g/mol. The van der Waals surface area contributed by atoms with Gasteiger partial charge in [0.05, 0.1) is 26.4 Å². The molecule has 4 nitrogen and oxygen atoms in total. The van der Waals surface area contributed by atoms with Crippen molar-refractivity contribution in [2.45, 2.75) is 86.0 Å². The number of rotatable bonds is 16. The molecular weight excluding hydrogens is 629 g/mol. The van der Waals surface area contributed by atoms with Crippen LogP contribution in [0.5, 0.6) is 0 Å². The van der Waals surface area contributed by atoms with Crippen molar-refractivity contribution in [3.8, 4) is 0 Å². The molecular formula is C47H58O4. The van der Waals surface area contributed by atoms with Crippen molar-refractivity contribution in [2.75, 3.05) is 52.9 Å². The Labute approximate surface area is 307 Å². The number of fused-ring (bicyclic) bond motifs is 8. The molecule has 4 aromatic rings. The zero-order chi connectivity index (χ0) is 35.6. The first-order valence-electron chi connectivity index (χ1n) is 19.5. The summed E-state index contributed by atoms with van der Waals surface area (Å²) in [5, 5.41) is 0. The van der Waals surface area contributed by atoms with Crippen LogP contribution in [0.4, 0.5) is 0 Å². The van der Waals surface area contributed by atoms with E-state index in [1.807, 2.05) is 0 Å². The van der Waals surface area contributed by atoms with E-state index < -0.39 is 0 Å². The number of aryl methyl sites for hydroxylation is 1. The zero-order valence-corrected chi connectivity index (χ0v) is 31.8. The molecule has 6 rings (SSSR count). The molecule has 4 heteroatoms. The monoisotopic (exact) mass is 686 g/mol. The minimum absolute atomic E-state index is 0.720. The molecule has 4 aromatic carbocycles. The van der Waals surface area contributed by atoms with Gasteiger partial charge in [0.2, 0.25) is 0 Å². The maximum Gasteiger partial charge on any atom is 0.0506 e. The lowest BCUT2D eigenvalue weighted by atomic mass is 9.82. The Hall–Kier alpha value is -3.54. The van der Waals surface area contributed by atoms with Gasteiger partial charge >= 0.3 is 0 Å². The molecule has 270 valence electrons. The molecule has 0 N–H and O–H groups in total. The quantitative estimate of drug-likeness (QED) is 0.0951. The molecule has 0 saturated carbocycles. The Balaban J connectivity index is 1.65. The maximum absolute atomic E-state index is 6.03. The molecule has 0 aromatic heterocycles. The summed E-state index contributed by atoms with van der Waals surface area (Å²) in [5.74, 6) is 0. The van der Waals surface area contributed by atoms with Crippen LogP contribution < -0.4 is 0 Å². The van der Waals surface area contributed by atoms with E-state index in [4.69, 9.17) is 18.9 Å². The van der Waals surface area contributed by atoms with Gasteiger partial charge in [-0.3, -0.25) is 0 Å². The van der Waals surface area contributed by atoms with E-state index >= 15 is 0 Å². The summed E-state index contributed by atoms with van der Waals surface area (Å²) < 4.78 is 24.1. The fraction of sp³-hybridized carbons (Fsp3) is 0.447. The summed E-state index contributed by atoms with van der Waals surface area (Å²) in [6.45, 7) is 16.5. The molecule has 51 heavy (non-hydrogen) atoms. The van der Waals surface area contributed by atoms with Crippen molar-refractivity contribution in [1.29, 1.82) is 0 Å². The van der Waals surface area contributed by atoms with Crippen LogP contribution >= 0.6 is 0 Å². The third-order valence-electron chi connectivity index (χ3n) is 10.7. The minimum Gasteiger partial charge on any atom is -0.381 e. The summed E-state index contributed by atoms with van der Waals surface area (Å²) in [7, 11) is 0. The van der Waals surface area contributed by atoms with Gasteiger partial charge in [0, 0.05) is 26.4 Å². The highest BCUT2D eigenvalue weighted by atomic mass is 16.5. The van der Waals surface area contributed by atoms with Gasteiger partial charge in [-0.1, -0.05) is 72.3 Å². The fourth-order valence-electron chi connectivity index (χ4n) is 8.35. The highest BCUT2D eigenvalue weighted by Gasteiger charge is 2.21. The van der Waals surface area contributed by atoms with Crippen molar-refractivity contribution in [2.24, 2.45) is 0 Å². The van der Waals surface area contributed by atoms with Gasteiger partial charge in [-0.05, 0) is 164 Å². The van der Waals surface area contributed by atoms with Crippen molar-refractivity contribution in [3.63, 3.8) is 0 Å². The zero-order valence-electron chi connectivity index (χ0n) is 31.8. The molecule has 0 unspecified atom stereocenters. The summed E-state index contributed by atoms with van der Waals surface area (Å²) in [4.78, 5) is 0. The van der Waals surface area contributed by atoms with Crippen molar-refractivity contribution in [3.05, 3.63) is 138 Å². The van der Waals surface area contributed by atoms with Gasteiger partial charge < -0.3 is 18.9 Å². The summed E-state index contributed by atoms with van der Waals surface area (Å²) in [5.41, 5.74) is 20.9. The molecule has 10 bridgehead atoms. The normalized spacial score (nSPS) is 13.9. The lowest BCUT2D eigenvalue weighted by molar-refractivity contribution is 0.150. The first-order valence-corrected chi connectivity index (χ1v) is 19.5. The predicted octanol–water partition coefficient (Wildman–Crippen LogP) is 9.47. The molecule has 0 aliphatic heterocycles. The van der Waals surface area contributed by atoms with E-state index in [-0.39, 0.29) is 0 Å².